The van der Waals surface area contributed by atoms with Gasteiger partial charge in [-0.15, -0.1) is 0 Å². The van der Waals surface area contributed by atoms with Crippen molar-refractivity contribution in [1.82, 2.24) is 15.6 Å². The highest BCUT2D eigenvalue weighted by Gasteiger charge is 2.31. The number of esters is 1. The lowest BCUT2D eigenvalue weighted by Gasteiger charge is -2.27. The van der Waals surface area contributed by atoms with Crippen LogP contribution in [0.25, 0.3) is 0 Å². The van der Waals surface area contributed by atoms with Gasteiger partial charge in [0.05, 0.1) is 0 Å². The van der Waals surface area contributed by atoms with E-state index in [0.717, 1.165) is 5.56 Å². The largest absolute Gasteiger partial charge is 0.458 e. The second-order valence-corrected chi connectivity index (χ2v) is 9.36. The van der Waals surface area contributed by atoms with E-state index in [4.69, 9.17) is 15.2 Å². The Balaban J connectivity index is 3.04. The Morgan fingerprint density at radius 3 is 2.00 bits per heavy atom. The number of aromatic nitrogens is 1. The molecule has 0 aliphatic rings. The highest BCUT2D eigenvalue weighted by Crippen LogP contribution is 2.12. The summed E-state index contributed by atoms with van der Waals surface area (Å²) < 4.78 is 10.6. The summed E-state index contributed by atoms with van der Waals surface area (Å²) in [6.07, 6.45) is 2.31. The molecule has 0 unspecified atom stereocenters. The molecule has 1 aromatic rings. The normalized spacial score (nSPS) is 13.4. The molecule has 1 aromatic heterocycles. The summed E-state index contributed by atoms with van der Waals surface area (Å²) in [6, 6.07) is 1.24. The second kappa shape index (κ2) is 11.4. The molecule has 4 N–H and O–H groups in total. The molecule has 0 aliphatic carbocycles. The zero-order valence-corrected chi connectivity index (χ0v) is 19.6. The van der Waals surface area contributed by atoms with Crippen molar-refractivity contribution < 1.29 is 28.7 Å². The second-order valence-electron chi connectivity index (χ2n) is 9.36. The van der Waals surface area contributed by atoms with E-state index in [-0.39, 0.29) is 19.3 Å². The van der Waals surface area contributed by atoms with Crippen molar-refractivity contribution in [3.8, 4) is 0 Å². The number of primary amides is 1. The lowest BCUT2D eigenvalue weighted by Crippen LogP contribution is -2.54. The van der Waals surface area contributed by atoms with Crippen LogP contribution in [0.3, 0.4) is 0 Å². The number of hydrogen-bond acceptors (Lipinski definition) is 7. The van der Waals surface area contributed by atoms with Crippen LogP contribution >= 0.6 is 0 Å². The molecular weight excluding hydrogens is 416 g/mol. The lowest BCUT2D eigenvalue weighted by atomic mass is 10.0. The minimum absolute atomic E-state index is 0.0373. The predicted octanol–water partition coefficient (Wildman–Crippen LogP) is 1.61. The topological polar surface area (TPSA) is 150 Å². The number of alkyl carbamates (subject to hydrolysis) is 1. The smallest absolute Gasteiger partial charge is 0.408 e. The van der Waals surface area contributed by atoms with Crippen molar-refractivity contribution in [2.24, 2.45) is 5.73 Å². The fraction of sp³-hybridized carbons (Fsp3) is 0.591. The summed E-state index contributed by atoms with van der Waals surface area (Å²) in [5.74, 6) is -1.95. The summed E-state index contributed by atoms with van der Waals surface area (Å²) in [4.78, 5) is 53.1. The lowest BCUT2D eigenvalue weighted by molar-refractivity contribution is -0.159. The maximum atomic E-state index is 13.1. The van der Waals surface area contributed by atoms with E-state index < -0.39 is 47.2 Å². The maximum Gasteiger partial charge on any atom is 0.408 e. The Labute approximate surface area is 188 Å². The number of pyridine rings is 1. The highest BCUT2D eigenvalue weighted by molar-refractivity contribution is 5.90. The van der Waals surface area contributed by atoms with Gasteiger partial charge in [-0.2, -0.15) is 0 Å². The molecule has 0 radical (unpaired) electrons. The summed E-state index contributed by atoms with van der Waals surface area (Å²) >= 11 is 0. The van der Waals surface area contributed by atoms with Gasteiger partial charge in [-0.25, -0.2) is 9.59 Å². The molecule has 0 saturated heterocycles. The molecule has 3 amide bonds. The zero-order chi connectivity index (χ0) is 24.5. The molecule has 10 nitrogen and oxygen atoms in total. The van der Waals surface area contributed by atoms with Gasteiger partial charge in [0.2, 0.25) is 11.8 Å². The molecule has 0 spiro atoms. The number of nitrogens with two attached hydrogens (primary N) is 1. The third-order valence-corrected chi connectivity index (χ3v) is 3.88. The fourth-order valence-electron chi connectivity index (χ4n) is 2.59. The van der Waals surface area contributed by atoms with Gasteiger partial charge in [-0.1, -0.05) is 0 Å². The first-order chi connectivity index (χ1) is 14.7. The first kappa shape index (κ1) is 26.9. The third-order valence-electron chi connectivity index (χ3n) is 3.88. The van der Waals surface area contributed by atoms with Crippen molar-refractivity contribution in [2.45, 2.75) is 84.1 Å². The number of nitrogens with one attached hydrogen (secondary N) is 2. The first-order valence-electron chi connectivity index (χ1n) is 10.4. The van der Waals surface area contributed by atoms with Gasteiger partial charge in [0.15, 0.2) is 0 Å². The van der Waals surface area contributed by atoms with Crippen LogP contribution < -0.4 is 16.4 Å². The van der Waals surface area contributed by atoms with Crippen molar-refractivity contribution in [3.63, 3.8) is 0 Å². The van der Waals surface area contributed by atoms with Crippen LogP contribution in [-0.2, 0) is 30.3 Å². The summed E-state index contributed by atoms with van der Waals surface area (Å²) in [5.41, 5.74) is 4.39. The van der Waals surface area contributed by atoms with Gasteiger partial charge in [0, 0.05) is 25.2 Å². The van der Waals surface area contributed by atoms with Crippen LogP contribution in [0.2, 0.25) is 0 Å². The number of hydrogen-bond donors (Lipinski definition) is 3. The molecule has 1 rings (SSSR count). The van der Waals surface area contributed by atoms with Crippen LogP contribution in [0.5, 0.6) is 0 Å². The van der Waals surface area contributed by atoms with Crippen LogP contribution in [0.15, 0.2) is 24.5 Å². The Morgan fingerprint density at radius 2 is 1.50 bits per heavy atom. The Kier molecular flexibility index (Phi) is 9.61. The first-order valence-corrected chi connectivity index (χ1v) is 10.4. The number of rotatable bonds is 9. The Hall–Kier alpha value is -3.17. The average molecular weight is 451 g/mol. The molecule has 1 heterocycles. The predicted molar refractivity (Wildman–Crippen MR) is 117 cm³/mol. The molecule has 0 saturated carbocycles. The van der Waals surface area contributed by atoms with Crippen LogP contribution in [0.1, 0.15) is 59.9 Å². The van der Waals surface area contributed by atoms with E-state index in [1.54, 1.807) is 66.1 Å². The van der Waals surface area contributed by atoms with Crippen molar-refractivity contribution >= 4 is 23.9 Å². The van der Waals surface area contributed by atoms with Gasteiger partial charge in [-0.05, 0) is 65.7 Å². The van der Waals surface area contributed by atoms with E-state index in [1.807, 2.05) is 0 Å². The quantitative estimate of drug-likeness (QED) is 0.484. The van der Waals surface area contributed by atoms with Gasteiger partial charge < -0.3 is 25.8 Å². The number of ether oxygens (including phenoxy) is 2. The zero-order valence-electron chi connectivity index (χ0n) is 19.6. The van der Waals surface area contributed by atoms with Crippen molar-refractivity contribution in [2.75, 3.05) is 0 Å². The van der Waals surface area contributed by atoms with Gasteiger partial charge >= 0.3 is 12.1 Å². The van der Waals surface area contributed by atoms with Crippen LogP contribution in [-0.4, -0.2) is 52.1 Å². The van der Waals surface area contributed by atoms with Crippen LogP contribution in [0.4, 0.5) is 4.79 Å². The standard InChI is InChI=1S/C22H34N4O6/c1-21(2,3)31-19(29)15(7-8-17(23)27)25-18(28)16(13-14-9-11-24-12-10-14)26-20(30)32-22(4,5)6/h9-12,15-16H,7-8,13H2,1-6H3,(H2,23,27)(H,25,28)(H,26,30)/t15-,16-/m0/s1. The van der Waals surface area contributed by atoms with Gasteiger partial charge in [0.1, 0.15) is 23.3 Å². The molecule has 0 bridgehead atoms. The minimum atomic E-state index is -1.12. The van der Waals surface area contributed by atoms with Crippen LogP contribution in [0, 0.1) is 0 Å². The summed E-state index contributed by atoms with van der Waals surface area (Å²) in [7, 11) is 0. The molecule has 2 atom stereocenters. The third kappa shape index (κ3) is 11.3. The van der Waals surface area contributed by atoms with E-state index in [1.165, 1.54) is 0 Å². The molecule has 0 aliphatic heterocycles. The van der Waals surface area contributed by atoms with Crippen molar-refractivity contribution in [3.05, 3.63) is 30.1 Å². The molecule has 178 valence electrons. The number of carbonyl (C=O) groups excluding carboxylic acids is 4. The van der Waals surface area contributed by atoms with Gasteiger partial charge in [0.25, 0.3) is 0 Å². The van der Waals surface area contributed by atoms with E-state index >= 15 is 0 Å². The summed E-state index contributed by atoms with van der Waals surface area (Å²) in [5, 5.41) is 5.12. The highest BCUT2D eigenvalue weighted by atomic mass is 16.6. The molecule has 0 fully saturated rings. The monoisotopic (exact) mass is 450 g/mol. The fourth-order valence-corrected chi connectivity index (χ4v) is 2.59. The number of nitrogens with zero attached hydrogens (tertiary/aromatic N) is 1. The van der Waals surface area contributed by atoms with E-state index in [0.29, 0.717) is 0 Å². The summed E-state index contributed by atoms with van der Waals surface area (Å²) in [6.45, 7) is 10.2. The molecule has 0 aromatic carbocycles. The van der Waals surface area contributed by atoms with E-state index in [9.17, 15) is 19.2 Å². The SMILES string of the molecule is CC(C)(C)OC(=O)N[C@@H](Cc1ccncc1)C(=O)N[C@@H](CCC(N)=O)C(=O)OC(C)(C)C. The number of carbonyl (C=O) groups is 4. The molecular formula is C22H34N4O6. The Bertz CT molecular complexity index is 799. The Morgan fingerprint density at radius 1 is 0.938 bits per heavy atom. The average Bonchev–Trinajstić information content (AvgIpc) is 2.62. The van der Waals surface area contributed by atoms with Crippen molar-refractivity contribution in [1.29, 1.82) is 0 Å². The van der Waals surface area contributed by atoms with Gasteiger partial charge in [-0.3, -0.25) is 14.6 Å². The molecule has 32 heavy (non-hydrogen) atoms. The molecule has 10 heteroatoms. The maximum absolute atomic E-state index is 13.1. The van der Waals surface area contributed by atoms with E-state index in [2.05, 4.69) is 15.6 Å². The minimum Gasteiger partial charge on any atom is -0.458 e. The number of amides is 3.